The van der Waals surface area contributed by atoms with Crippen LogP contribution in [-0.4, -0.2) is 38.1 Å². The number of methoxy groups -OCH3 is 1. The maximum Gasteiger partial charge on any atom is 0.338 e. The third kappa shape index (κ3) is 4.21. The molecule has 7 nitrogen and oxygen atoms in total. The molecule has 1 saturated heterocycles. The van der Waals surface area contributed by atoms with Gasteiger partial charge >= 0.3 is 5.97 Å². The van der Waals surface area contributed by atoms with Crippen LogP contribution in [0.5, 0.6) is 0 Å². The van der Waals surface area contributed by atoms with Crippen LogP contribution in [0.3, 0.4) is 0 Å². The van der Waals surface area contributed by atoms with Gasteiger partial charge in [-0.3, -0.25) is 0 Å². The van der Waals surface area contributed by atoms with Crippen LogP contribution in [0, 0.1) is 0 Å². The second-order valence-corrected chi connectivity index (χ2v) is 5.89. The Morgan fingerprint density at radius 2 is 1.88 bits per heavy atom. The number of benzene rings is 2. The zero-order chi connectivity index (χ0) is 18.4. The summed E-state index contributed by atoms with van der Waals surface area (Å²) in [7, 11) is 1.51. The van der Waals surface area contributed by atoms with Crippen molar-refractivity contribution in [2.24, 2.45) is 5.11 Å². The minimum atomic E-state index is -0.511. The molecule has 3 atom stereocenters. The predicted octanol–water partition coefficient (Wildman–Crippen LogP) is 3.95. The van der Waals surface area contributed by atoms with Gasteiger partial charge in [0.15, 0.2) is 6.29 Å². The van der Waals surface area contributed by atoms with Gasteiger partial charge in [-0.05, 0) is 28.8 Å². The van der Waals surface area contributed by atoms with Crippen LogP contribution in [0.4, 0.5) is 0 Å². The Balaban J connectivity index is 1.60. The second-order valence-electron chi connectivity index (χ2n) is 5.89. The first-order valence-electron chi connectivity index (χ1n) is 8.26. The van der Waals surface area contributed by atoms with Crippen molar-refractivity contribution in [3.8, 4) is 11.1 Å². The molecule has 0 unspecified atom stereocenters. The molecule has 26 heavy (non-hydrogen) atoms. The highest BCUT2D eigenvalue weighted by Crippen LogP contribution is 2.25. The van der Waals surface area contributed by atoms with Crippen molar-refractivity contribution in [1.82, 2.24) is 0 Å². The fourth-order valence-electron chi connectivity index (χ4n) is 2.85. The van der Waals surface area contributed by atoms with Crippen LogP contribution < -0.4 is 0 Å². The standard InChI is InChI=1S/C19H19N3O4/c1-24-18-11-16(21-22-20)17(26-18)12-25-19(23)15-9-7-14(8-10-15)13-5-3-2-4-6-13/h2-10,16-18H,11-12H2,1H3/t16-,17+,18-/m0/s1. The van der Waals surface area contributed by atoms with E-state index in [1.54, 1.807) is 12.1 Å². The summed E-state index contributed by atoms with van der Waals surface area (Å²) in [6.07, 6.45) is -0.531. The van der Waals surface area contributed by atoms with E-state index in [1.807, 2.05) is 42.5 Å². The Morgan fingerprint density at radius 3 is 2.54 bits per heavy atom. The molecule has 0 spiro atoms. The minimum Gasteiger partial charge on any atom is -0.459 e. The first kappa shape index (κ1) is 17.9. The molecule has 3 rings (SSSR count). The summed E-state index contributed by atoms with van der Waals surface area (Å²) >= 11 is 0. The third-order valence-electron chi connectivity index (χ3n) is 4.26. The summed E-state index contributed by atoms with van der Waals surface area (Å²) in [5.74, 6) is -0.450. The highest BCUT2D eigenvalue weighted by Gasteiger charge is 2.35. The van der Waals surface area contributed by atoms with E-state index in [1.165, 1.54) is 7.11 Å². The number of hydrogen-bond acceptors (Lipinski definition) is 5. The second kappa shape index (κ2) is 8.49. The van der Waals surface area contributed by atoms with Crippen LogP contribution in [0.25, 0.3) is 21.6 Å². The van der Waals surface area contributed by atoms with Crippen LogP contribution in [0.15, 0.2) is 59.7 Å². The molecular formula is C19H19N3O4. The van der Waals surface area contributed by atoms with Crippen LogP contribution >= 0.6 is 0 Å². The average molecular weight is 353 g/mol. The third-order valence-corrected chi connectivity index (χ3v) is 4.26. The number of azide groups is 1. The van der Waals surface area contributed by atoms with E-state index in [0.717, 1.165) is 11.1 Å². The Morgan fingerprint density at radius 1 is 1.19 bits per heavy atom. The van der Waals surface area contributed by atoms with E-state index in [9.17, 15) is 4.79 Å². The molecule has 0 radical (unpaired) electrons. The smallest absolute Gasteiger partial charge is 0.338 e. The van der Waals surface area contributed by atoms with E-state index in [-0.39, 0.29) is 6.61 Å². The van der Waals surface area contributed by atoms with Crippen molar-refractivity contribution in [2.45, 2.75) is 24.9 Å². The zero-order valence-corrected chi connectivity index (χ0v) is 14.3. The average Bonchev–Trinajstić information content (AvgIpc) is 3.09. The van der Waals surface area contributed by atoms with Crippen molar-refractivity contribution in [2.75, 3.05) is 13.7 Å². The number of rotatable bonds is 6. The van der Waals surface area contributed by atoms with Crippen molar-refractivity contribution < 1.29 is 19.0 Å². The molecule has 134 valence electrons. The van der Waals surface area contributed by atoms with E-state index < -0.39 is 24.4 Å². The number of ether oxygens (including phenoxy) is 3. The summed E-state index contributed by atoms with van der Waals surface area (Å²) in [5, 5.41) is 3.68. The first-order valence-corrected chi connectivity index (χ1v) is 8.26. The first-order chi connectivity index (χ1) is 12.7. The molecule has 0 bridgehead atoms. The van der Waals surface area contributed by atoms with E-state index in [4.69, 9.17) is 19.7 Å². The number of hydrogen-bond donors (Lipinski definition) is 0. The largest absolute Gasteiger partial charge is 0.459 e. The summed E-state index contributed by atoms with van der Waals surface area (Å²) in [4.78, 5) is 15.1. The molecular weight excluding hydrogens is 334 g/mol. The Kier molecular flexibility index (Phi) is 5.86. The normalized spacial score (nSPS) is 21.8. The molecule has 1 fully saturated rings. The van der Waals surface area contributed by atoms with Crippen LogP contribution in [-0.2, 0) is 14.2 Å². The monoisotopic (exact) mass is 353 g/mol. The van der Waals surface area contributed by atoms with Gasteiger partial charge in [-0.2, -0.15) is 0 Å². The van der Waals surface area contributed by atoms with E-state index in [2.05, 4.69) is 10.0 Å². The number of carbonyl (C=O) groups excluding carboxylic acids is 1. The zero-order valence-electron chi connectivity index (χ0n) is 14.3. The molecule has 1 aliphatic heterocycles. The Labute approximate surface area is 151 Å². The maximum absolute atomic E-state index is 12.3. The highest BCUT2D eigenvalue weighted by atomic mass is 16.7. The maximum atomic E-state index is 12.3. The van der Waals surface area contributed by atoms with Crippen LogP contribution in [0.2, 0.25) is 0 Å². The van der Waals surface area contributed by atoms with Crippen molar-refractivity contribution >= 4 is 5.97 Å². The van der Waals surface area contributed by atoms with Crippen molar-refractivity contribution in [3.63, 3.8) is 0 Å². The van der Waals surface area contributed by atoms with Gasteiger partial charge in [-0.1, -0.05) is 47.6 Å². The Hall–Kier alpha value is -2.86. The highest BCUT2D eigenvalue weighted by molar-refractivity contribution is 5.90. The van der Waals surface area contributed by atoms with Gasteiger partial charge in [0.1, 0.15) is 12.7 Å². The van der Waals surface area contributed by atoms with Gasteiger partial charge in [0.05, 0.1) is 11.6 Å². The number of esters is 1. The van der Waals surface area contributed by atoms with E-state index in [0.29, 0.717) is 12.0 Å². The van der Waals surface area contributed by atoms with Crippen molar-refractivity contribution in [3.05, 3.63) is 70.6 Å². The van der Waals surface area contributed by atoms with Crippen molar-refractivity contribution in [1.29, 1.82) is 0 Å². The van der Waals surface area contributed by atoms with Gasteiger partial charge in [0.2, 0.25) is 0 Å². The molecule has 0 aliphatic carbocycles. The molecule has 0 N–H and O–H groups in total. The van der Waals surface area contributed by atoms with E-state index >= 15 is 0 Å². The number of carbonyl (C=O) groups is 1. The lowest BCUT2D eigenvalue weighted by Crippen LogP contribution is -2.27. The summed E-state index contributed by atoms with van der Waals surface area (Å²) < 4.78 is 16.0. The Bertz CT molecular complexity index is 788. The molecule has 2 aromatic carbocycles. The minimum absolute atomic E-state index is 0.00279. The quantitative estimate of drug-likeness (QED) is 0.340. The number of nitrogens with zero attached hydrogens (tertiary/aromatic N) is 3. The lowest BCUT2D eigenvalue weighted by atomic mass is 10.0. The van der Waals surface area contributed by atoms with Gasteiger partial charge in [0.25, 0.3) is 0 Å². The lowest BCUT2D eigenvalue weighted by Gasteiger charge is -2.15. The topological polar surface area (TPSA) is 93.5 Å². The molecule has 2 aromatic rings. The predicted molar refractivity (Wildman–Crippen MR) is 95.4 cm³/mol. The summed E-state index contributed by atoms with van der Waals surface area (Å²) in [5.41, 5.74) is 11.2. The molecule has 0 amide bonds. The molecule has 1 aliphatic rings. The molecule has 0 aromatic heterocycles. The summed E-state index contributed by atoms with van der Waals surface area (Å²) in [6.45, 7) is 0.00279. The van der Waals surface area contributed by atoms with Gasteiger partial charge in [0, 0.05) is 18.4 Å². The summed E-state index contributed by atoms with van der Waals surface area (Å²) in [6, 6.07) is 16.7. The fraction of sp³-hybridized carbons (Fsp3) is 0.316. The van der Waals surface area contributed by atoms with Gasteiger partial charge in [-0.15, -0.1) is 0 Å². The molecule has 7 heteroatoms. The molecule has 0 saturated carbocycles. The SMILES string of the molecule is CO[C@@H]1C[C@H](N=[N+]=[N-])[C@@H](COC(=O)c2ccc(-c3ccccc3)cc2)O1. The fourth-order valence-corrected chi connectivity index (χ4v) is 2.85. The van der Waals surface area contributed by atoms with Gasteiger partial charge in [-0.25, -0.2) is 4.79 Å². The lowest BCUT2D eigenvalue weighted by molar-refractivity contribution is -0.124. The molecule has 1 heterocycles. The van der Waals surface area contributed by atoms with Crippen LogP contribution in [0.1, 0.15) is 16.8 Å². The van der Waals surface area contributed by atoms with Gasteiger partial charge < -0.3 is 14.2 Å².